The molecule has 0 aliphatic heterocycles. The molecule has 0 saturated carbocycles. The van der Waals surface area contributed by atoms with E-state index in [9.17, 15) is 0 Å². The van der Waals surface area contributed by atoms with E-state index in [1.165, 1.54) is 12.0 Å². The Hall–Kier alpha value is -0.770. The molecule has 20 heavy (non-hydrogen) atoms. The third kappa shape index (κ3) is 6.12. The summed E-state index contributed by atoms with van der Waals surface area (Å²) in [5.74, 6) is 0.962. The van der Waals surface area contributed by atoms with E-state index in [2.05, 4.69) is 31.8 Å². The number of nitrogens with two attached hydrogens (primary N) is 1. The van der Waals surface area contributed by atoms with E-state index in [-0.39, 0.29) is 5.41 Å². The predicted octanol–water partition coefficient (Wildman–Crippen LogP) is 1.60. The lowest BCUT2D eigenvalue weighted by Gasteiger charge is -2.23. The molecular weight excluding hydrogens is 272 g/mol. The lowest BCUT2D eigenvalue weighted by Crippen LogP contribution is -2.88. The minimum atomic E-state index is 0.0438. The first-order chi connectivity index (χ1) is 9.45. The topological polar surface area (TPSA) is 53.5 Å². The summed E-state index contributed by atoms with van der Waals surface area (Å²) in [5.41, 5.74) is 5.05. The van der Waals surface area contributed by atoms with Crippen molar-refractivity contribution in [3.63, 3.8) is 0 Å². The number of unbranched alkanes of at least 4 members (excludes halogenated alkanes) is 1. The highest BCUT2D eigenvalue weighted by molar-refractivity contribution is 6.30. The second-order valence-electron chi connectivity index (χ2n) is 6.17. The summed E-state index contributed by atoms with van der Waals surface area (Å²) in [6, 6.07) is 5.89. The van der Waals surface area contributed by atoms with Crippen LogP contribution in [-0.2, 0) is 5.41 Å². The van der Waals surface area contributed by atoms with Crippen LogP contribution in [0.25, 0.3) is 0 Å². The van der Waals surface area contributed by atoms with Crippen LogP contribution in [0, 0.1) is 0 Å². The summed E-state index contributed by atoms with van der Waals surface area (Å²) < 4.78 is 5.94. The molecule has 0 aliphatic carbocycles. The second kappa shape index (κ2) is 8.50. The van der Waals surface area contributed by atoms with Crippen molar-refractivity contribution in [1.82, 2.24) is 0 Å². The van der Waals surface area contributed by atoms with Crippen LogP contribution in [0.5, 0.6) is 5.75 Å². The smallest absolute Gasteiger partial charge is 0.125 e. The Morgan fingerprint density at radius 2 is 1.95 bits per heavy atom. The zero-order valence-electron chi connectivity index (χ0n) is 13.0. The highest BCUT2D eigenvalue weighted by atomic mass is 35.5. The minimum absolute atomic E-state index is 0.0438. The van der Waals surface area contributed by atoms with Gasteiger partial charge in [0.1, 0.15) is 18.8 Å². The standard InChI is InChI=1S/C16H27ClN2O/c1-16(2,3)14-12-13(17)6-7-15(14)20-11-5-4-9-19-10-8-18/h6-7,12,19H,4-5,8-11,18H2,1-3H3/p+2. The SMILES string of the molecule is CC(C)(C)c1cc(Cl)ccc1OCCCC[NH2+]CC[NH3+]. The van der Waals surface area contributed by atoms with Gasteiger partial charge in [0, 0.05) is 10.6 Å². The van der Waals surface area contributed by atoms with Crippen molar-refractivity contribution in [3.8, 4) is 5.75 Å². The Bertz CT molecular complexity index is 402. The molecule has 1 aromatic rings. The molecule has 0 aromatic heterocycles. The molecule has 0 fully saturated rings. The molecule has 0 heterocycles. The first kappa shape index (κ1) is 17.3. The van der Waals surface area contributed by atoms with Crippen LogP contribution in [-0.4, -0.2) is 26.2 Å². The van der Waals surface area contributed by atoms with Gasteiger partial charge in [-0.2, -0.15) is 0 Å². The molecule has 0 unspecified atom stereocenters. The maximum absolute atomic E-state index is 6.09. The first-order valence-electron chi connectivity index (χ1n) is 7.49. The predicted molar refractivity (Wildman–Crippen MR) is 84.3 cm³/mol. The minimum Gasteiger partial charge on any atom is -0.493 e. The van der Waals surface area contributed by atoms with E-state index in [1.54, 1.807) is 0 Å². The molecule has 1 aromatic carbocycles. The summed E-state index contributed by atoms with van der Waals surface area (Å²) in [7, 11) is 0. The van der Waals surface area contributed by atoms with E-state index >= 15 is 0 Å². The summed E-state index contributed by atoms with van der Waals surface area (Å²) in [5, 5.41) is 3.08. The van der Waals surface area contributed by atoms with Gasteiger partial charge in [-0.3, -0.25) is 0 Å². The van der Waals surface area contributed by atoms with Gasteiger partial charge in [-0.05, 0) is 36.5 Å². The van der Waals surface area contributed by atoms with Crippen molar-refractivity contribution < 1.29 is 15.8 Å². The summed E-state index contributed by atoms with van der Waals surface area (Å²) in [4.78, 5) is 0. The summed E-state index contributed by atoms with van der Waals surface area (Å²) in [6.45, 7) is 10.6. The molecule has 0 bridgehead atoms. The average molecular weight is 301 g/mol. The van der Waals surface area contributed by atoms with Gasteiger partial charge in [0.15, 0.2) is 0 Å². The van der Waals surface area contributed by atoms with Crippen LogP contribution >= 0.6 is 11.6 Å². The molecule has 0 saturated heterocycles. The van der Waals surface area contributed by atoms with Crippen molar-refractivity contribution in [3.05, 3.63) is 28.8 Å². The molecule has 0 amide bonds. The Morgan fingerprint density at radius 1 is 1.20 bits per heavy atom. The third-order valence-corrected chi connectivity index (χ3v) is 3.45. The fourth-order valence-corrected chi connectivity index (χ4v) is 2.25. The quantitative estimate of drug-likeness (QED) is 0.704. The summed E-state index contributed by atoms with van der Waals surface area (Å²) >= 11 is 6.09. The van der Waals surface area contributed by atoms with Gasteiger partial charge in [-0.25, -0.2) is 0 Å². The molecule has 0 aliphatic rings. The van der Waals surface area contributed by atoms with Gasteiger partial charge < -0.3 is 15.8 Å². The monoisotopic (exact) mass is 300 g/mol. The number of hydrogen-bond donors (Lipinski definition) is 2. The van der Waals surface area contributed by atoms with Gasteiger partial charge in [0.05, 0.1) is 13.2 Å². The Morgan fingerprint density at radius 3 is 2.60 bits per heavy atom. The lowest BCUT2D eigenvalue weighted by molar-refractivity contribution is -0.670. The van der Waals surface area contributed by atoms with E-state index in [0.717, 1.165) is 43.4 Å². The highest BCUT2D eigenvalue weighted by Gasteiger charge is 2.19. The zero-order chi connectivity index (χ0) is 15.0. The van der Waals surface area contributed by atoms with E-state index in [1.807, 2.05) is 18.2 Å². The maximum Gasteiger partial charge on any atom is 0.125 e. The molecule has 0 atom stereocenters. The third-order valence-electron chi connectivity index (χ3n) is 3.22. The first-order valence-corrected chi connectivity index (χ1v) is 7.86. The number of quaternary nitrogens is 2. The van der Waals surface area contributed by atoms with Gasteiger partial charge in [0.25, 0.3) is 0 Å². The number of halogens is 1. The molecule has 5 N–H and O–H groups in total. The van der Waals surface area contributed by atoms with Crippen LogP contribution in [0.3, 0.4) is 0 Å². The summed E-state index contributed by atoms with van der Waals surface area (Å²) in [6.07, 6.45) is 2.26. The van der Waals surface area contributed by atoms with Crippen LogP contribution in [0.15, 0.2) is 18.2 Å². The van der Waals surface area contributed by atoms with Crippen LogP contribution in [0.2, 0.25) is 5.02 Å². The molecule has 1 rings (SSSR count). The molecule has 4 heteroatoms. The molecular formula is C16H29ClN2O+2. The lowest BCUT2D eigenvalue weighted by atomic mass is 9.86. The number of benzene rings is 1. The van der Waals surface area contributed by atoms with Gasteiger partial charge in [-0.15, -0.1) is 0 Å². The largest absolute Gasteiger partial charge is 0.493 e. The van der Waals surface area contributed by atoms with E-state index in [0.29, 0.717) is 0 Å². The van der Waals surface area contributed by atoms with Crippen molar-refractivity contribution in [2.24, 2.45) is 0 Å². The average Bonchev–Trinajstić information content (AvgIpc) is 2.38. The van der Waals surface area contributed by atoms with Crippen molar-refractivity contribution in [2.45, 2.75) is 39.0 Å². The Kier molecular flexibility index (Phi) is 7.35. The molecule has 0 spiro atoms. The van der Waals surface area contributed by atoms with E-state index < -0.39 is 0 Å². The van der Waals surface area contributed by atoms with E-state index in [4.69, 9.17) is 16.3 Å². The second-order valence-corrected chi connectivity index (χ2v) is 6.60. The number of ether oxygens (including phenoxy) is 1. The fourth-order valence-electron chi connectivity index (χ4n) is 2.08. The van der Waals surface area contributed by atoms with Gasteiger partial charge in [0.2, 0.25) is 0 Å². The number of hydrogen-bond acceptors (Lipinski definition) is 1. The normalized spacial score (nSPS) is 11.7. The van der Waals surface area contributed by atoms with Crippen LogP contribution in [0.4, 0.5) is 0 Å². The van der Waals surface area contributed by atoms with Crippen LogP contribution < -0.4 is 15.8 Å². The maximum atomic E-state index is 6.09. The van der Waals surface area contributed by atoms with Gasteiger partial charge in [-0.1, -0.05) is 32.4 Å². The van der Waals surface area contributed by atoms with Crippen LogP contribution in [0.1, 0.15) is 39.2 Å². The van der Waals surface area contributed by atoms with Crippen molar-refractivity contribution >= 4 is 11.6 Å². The van der Waals surface area contributed by atoms with Crippen molar-refractivity contribution in [1.29, 1.82) is 0 Å². The molecule has 114 valence electrons. The molecule has 0 radical (unpaired) electrons. The fraction of sp³-hybridized carbons (Fsp3) is 0.625. The molecule has 3 nitrogen and oxygen atoms in total. The Labute approximate surface area is 127 Å². The Balaban J connectivity index is 2.44. The van der Waals surface area contributed by atoms with Gasteiger partial charge >= 0.3 is 0 Å². The van der Waals surface area contributed by atoms with Crippen molar-refractivity contribution in [2.75, 3.05) is 26.2 Å². The zero-order valence-corrected chi connectivity index (χ0v) is 13.8. The number of rotatable bonds is 8. The highest BCUT2D eigenvalue weighted by Crippen LogP contribution is 2.33.